The quantitative estimate of drug-likeness (QED) is 0.487. The van der Waals surface area contributed by atoms with E-state index in [1.54, 1.807) is 43.3 Å². The smallest absolute Gasteiger partial charge is 0.266 e. The largest absolute Gasteiger partial charge is 0.394 e. The van der Waals surface area contributed by atoms with Gasteiger partial charge in [0, 0.05) is 22.6 Å². The van der Waals surface area contributed by atoms with E-state index in [2.05, 4.69) is 5.32 Å². The van der Waals surface area contributed by atoms with Crippen molar-refractivity contribution < 1.29 is 19.5 Å². The molecule has 4 aromatic carbocycles. The molecular formula is C26H20N2O4. The second-order valence-electron chi connectivity index (χ2n) is 7.93. The molecule has 0 radical (unpaired) electrons. The zero-order valence-corrected chi connectivity index (χ0v) is 17.3. The molecule has 0 aliphatic carbocycles. The number of carbonyl (C=O) groups excluding carboxylic acids is 3. The number of benzene rings is 4. The number of amides is 3. The van der Waals surface area contributed by atoms with Crippen LogP contribution < -0.4 is 10.2 Å². The number of imide groups is 1. The molecule has 4 aromatic rings. The highest BCUT2D eigenvalue weighted by Crippen LogP contribution is 2.36. The number of anilines is 1. The van der Waals surface area contributed by atoms with E-state index in [-0.39, 0.29) is 17.9 Å². The average molecular weight is 424 g/mol. The first-order chi connectivity index (χ1) is 15.5. The summed E-state index contributed by atoms with van der Waals surface area (Å²) in [6.45, 7) is 1.44. The number of hydrogen-bond acceptors (Lipinski definition) is 4. The molecule has 1 aliphatic heterocycles. The Balaban J connectivity index is 1.73. The fourth-order valence-electron chi connectivity index (χ4n) is 4.19. The molecule has 158 valence electrons. The highest BCUT2D eigenvalue weighted by atomic mass is 16.3. The van der Waals surface area contributed by atoms with Gasteiger partial charge in [0.25, 0.3) is 17.7 Å². The molecule has 2 N–H and O–H groups in total. The zero-order valence-electron chi connectivity index (χ0n) is 17.3. The van der Waals surface area contributed by atoms with E-state index < -0.39 is 23.8 Å². The second kappa shape index (κ2) is 7.59. The summed E-state index contributed by atoms with van der Waals surface area (Å²) in [7, 11) is 0. The lowest BCUT2D eigenvalue weighted by Crippen LogP contribution is -2.42. The summed E-state index contributed by atoms with van der Waals surface area (Å²) in [5.74, 6) is -1.41. The molecule has 0 bridgehead atoms. The predicted octanol–water partition coefficient (Wildman–Crippen LogP) is 3.90. The monoisotopic (exact) mass is 424 g/mol. The van der Waals surface area contributed by atoms with Crippen LogP contribution in [0.25, 0.3) is 21.5 Å². The SMILES string of the molecule is C[C@@H](CO)NC(=O)c1cc2ccccc2cc1N1C(=O)c2cccc3cccc(c23)C1=O. The van der Waals surface area contributed by atoms with Crippen molar-refractivity contribution >= 4 is 45.0 Å². The Morgan fingerprint density at radius 2 is 1.44 bits per heavy atom. The Hall–Kier alpha value is -4.03. The third-order valence-electron chi connectivity index (χ3n) is 5.77. The highest BCUT2D eigenvalue weighted by molar-refractivity contribution is 6.36. The summed E-state index contributed by atoms with van der Waals surface area (Å²) in [5, 5.41) is 15.1. The minimum absolute atomic E-state index is 0.192. The van der Waals surface area contributed by atoms with Gasteiger partial charge in [-0.25, -0.2) is 4.90 Å². The van der Waals surface area contributed by atoms with Gasteiger partial charge in [0.1, 0.15) is 0 Å². The van der Waals surface area contributed by atoms with Crippen molar-refractivity contribution in [1.29, 1.82) is 0 Å². The van der Waals surface area contributed by atoms with Gasteiger partial charge in [-0.05, 0) is 47.3 Å². The molecule has 0 saturated heterocycles. The molecule has 6 nitrogen and oxygen atoms in total. The lowest BCUT2D eigenvalue weighted by atomic mass is 9.93. The van der Waals surface area contributed by atoms with Gasteiger partial charge in [-0.15, -0.1) is 0 Å². The maximum Gasteiger partial charge on any atom is 0.266 e. The van der Waals surface area contributed by atoms with Crippen LogP contribution in [0, 0.1) is 0 Å². The lowest BCUT2D eigenvalue weighted by Gasteiger charge is -2.29. The van der Waals surface area contributed by atoms with Crippen molar-refractivity contribution in [2.24, 2.45) is 0 Å². The Morgan fingerprint density at radius 3 is 2.03 bits per heavy atom. The van der Waals surface area contributed by atoms with Crippen LogP contribution in [-0.4, -0.2) is 35.5 Å². The third-order valence-corrected chi connectivity index (χ3v) is 5.77. The molecule has 0 saturated carbocycles. The molecule has 0 aromatic heterocycles. The summed E-state index contributed by atoms with van der Waals surface area (Å²) < 4.78 is 0. The maximum atomic E-state index is 13.5. The van der Waals surface area contributed by atoms with E-state index in [1.807, 2.05) is 36.4 Å². The number of fused-ring (bicyclic) bond motifs is 1. The summed E-state index contributed by atoms with van der Waals surface area (Å²) in [4.78, 5) is 41.3. The molecule has 0 fully saturated rings. The van der Waals surface area contributed by atoms with Gasteiger partial charge in [0.05, 0.1) is 17.9 Å². The van der Waals surface area contributed by atoms with E-state index in [9.17, 15) is 19.5 Å². The molecule has 0 spiro atoms. The van der Waals surface area contributed by atoms with Gasteiger partial charge in [-0.3, -0.25) is 14.4 Å². The van der Waals surface area contributed by atoms with Crippen molar-refractivity contribution in [2.75, 3.05) is 11.5 Å². The van der Waals surface area contributed by atoms with Gasteiger partial charge in [0.2, 0.25) is 0 Å². The van der Waals surface area contributed by atoms with E-state index >= 15 is 0 Å². The zero-order chi connectivity index (χ0) is 22.4. The van der Waals surface area contributed by atoms with Crippen LogP contribution in [0.3, 0.4) is 0 Å². The fraction of sp³-hybridized carbons (Fsp3) is 0.115. The number of aliphatic hydroxyl groups is 1. The number of hydrogen-bond donors (Lipinski definition) is 2. The van der Waals surface area contributed by atoms with Crippen LogP contribution in [-0.2, 0) is 0 Å². The first-order valence-corrected chi connectivity index (χ1v) is 10.3. The first-order valence-electron chi connectivity index (χ1n) is 10.3. The Morgan fingerprint density at radius 1 is 0.875 bits per heavy atom. The molecule has 1 aliphatic rings. The van der Waals surface area contributed by atoms with E-state index in [0.29, 0.717) is 16.5 Å². The molecule has 1 heterocycles. The highest BCUT2D eigenvalue weighted by Gasteiger charge is 2.36. The molecule has 3 amide bonds. The lowest BCUT2D eigenvalue weighted by molar-refractivity contribution is 0.0893. The number of carbonyl (C=O) groups is 3. The predicted molar refractivity (Wildman–Crippen MR) is 123 cm³/mol. The summed E-state index contributed by atoms with van der Waals surface area (Å²) in [5.41, 5.74) is 1.24. The van der Waals surface area contributed by atoms with Crippen LogP contribution in [0.15, 0.2) is 72.8 Å². The Labute approximate surface area is 184 Å². The second-order valence-corrected chi connectivity index (χ2v) is 7.93. The minimum Gasteiger partial charge on any atom is -0.394 e. The maximum absolute atomic E-state index is 13.5. The molecule has 32 heavy (non-hydrogen) atoms. The standard InChI is InChI=1S/C26H20N2O4/c1-15(14-29)27-24(30)21-12-17-6-2-3-7-18(17)13-22(21)28-25(31)19-10-4-8-16-9-5-11-20(23(16)19)26(28)32/h2-13,15,29H,14H2,1H3,(H,27,30)/t15-/m0/s1. The van der Waals surface area contributed by atoms with Gasteiger partial charge in [-0.2, -0.15) is 0 Å². The normalized spacial score (nSPS) is 14.1. The van der Waals surface area contributed by atoms with Gasteiger partial charge in [0.15, 0.2) is 0 Å². The summed E-state index contributed by atoms with van der Waals surface area (Å²) >= 11 is 0. The molecule has 0 unspecified atom stereocenters. The first kappa shape index (κ1) is 19.9. The van der Waals surface area contributed by atoms with Crippen LogP contribution in [0.1, 0.15) is 38.0 Å². The number of nitrogens with zero attached hydrogens (tertiary/aromatic N) is 1. The minimum atomic E-state index is -0.482. The summed E-state index contributed by atoms with van der Waals surface area (Å²) in [6.07, 6.45) is 0. The fourth-order valence-corrected chi connectivity index (χ4v) is 4.19. The molecule has 6 heteroatoms. The topological polar surface area (TPSA) is 86.7 Å². The van der Waals surface area contributed by atoms with Crippen LogP contribution in [0.4, 0.5) is 5.69 Å². The molecule has 1 atom stereocenters. The van der Waals surface area contributed by atoms with Crippen molar-refractivity contribution in [1.82, 2.24) is 5.32 Å². The number of nitrogens with one attached hydrogen (secondary N) is 1. The average Bonchev–Trinajstić information content (AvgIpc) is 2.81. The van der Waals surface area contributed by atoms with Crippen LogP contribution in [0.2, 0.25) is 0 Å². The Bertz CT molecular complexity index is 1380. The third kappa shape index (κ3) is 3.04. The van der Waals surface area contributed by atoms with Crippen molar-refractivity contribution in [3.05, 3.63) is 89.5 Å². The van der Waals surface area contributed by atoms with E-state index in [1.165, 1.54) is 0 Å². The van der Waals surface area contributed by atoms with Gasteiger partial charge < -0.3 is 10.4 Å². The van der Waals surface area contributed by atoms with Gasteiger partial charge >= 0.3 is 0 Å². The van der Waals surface area contributed by atoms with Crippen LogP contribution >= 0.6 is 0 Å². The Kier molecular flexibility index (Phi) is 4.72. The number of rotatable bonds is 4. The van der Waals surface area contributed by atoms with Crippen molar-refractivity contribution in [3.8, 4) is 0 Å². The number of aliphatic hydroxyl groups excluding tert-OH is 1. The molecule has 5 rings (SSSR count). The van der Waals surface area contributed by atoms with Crippen molar-refractivity contribution in [2.45, 2.75) is 13.0 Å². The van der Waals surface area contributed by atoms with E-state index in [0.717, 1.165) is 21.1 Å². The van der Waals surface area contributed by atoms with Crippen molar-refractivity contribution in [3.63, 3.8) is 0 Å². The van der Waals surface area contributed by atoms with E-state index in [4.69, 9.17) is 0 Å². The van der Waals surface area contributed by atoms with Gasteiger partial charge in [-0.1, -0.05) is 48.5 Å². The molecular weight excluding hydrogens is 404 g/mol. The summed E-state index contributed by atoms with van der Waals surface area (Å²) in [6, 6.07) is 21.0. The van der Waals surface area contributed by atoms with Crippen LogP contribution in [0.5, 0.6) is 0 Å².